The number of anilines is 1. The molecule has 0 aliphatic carbocycles. The number of hydrogen-bond acceptors (Lipinski definition) is 4. The van der Waals surface area contributed by atoms with Crippen LogP contribution >= 0.6 is 0 Å². The zero-order valence-corrected chi connectivity index (χ0v) is 14.2. The summed E-state index contributed by atoms with van der Waals surface area (Å²) in [6.45, 7) is 1.49. The molecular weight excluding hydrogens is 365 g/mol. The number of aromatic nitrogens is 1. The zero-order valence-electron chi connectivity index (χ0n) is 14.2. The van der Waals surface area contributed by atoms with Crippen LogP contribution in [-0.4, -0.2) is 29.4 Å². The van der Waals surface area contributed by atoms with Gasteiger partial charge >= 0.3 is 6.18 Å². The van der Waals surface area contributed by atoms with Gasteiger partial charge in [-0.3, -0.25) is 14.4 Å². The Bertz CT molecular complexity index is 966. The molecular formula is C18H15F3N2O4. The average molecular weight is 380 g/mol. The first-order valence-corrected chi connectivity index (χ1v) is 8.09. The van der Waals surface area contributed by atoms with Crippen molar-refractivity contribution in [1.29, 1.82) is 0 Å². The van der Waals surface area contributed by atoms with Gasteiger partial charge in [0.25, 0.3) is 11.5 Å². The number of amides is 1. The summed E-state index contributed by atoms with van der Waals surface area (Å²) >= 11 is 0. The second kappa shape index (κ2) is 6.90. The van der Waals surface area contributed by atoms with Crippen LogP contribution in [0.4, 0.5) is 18.9 Å². The van der Waals surface area contributed by atoms with E-state index < -0.39 is 29.6 Å². The van der Waals surface area contributed by atoms with Gasteiger partial charge in [0.15, 0.2) is 12.4 Å². The van der Waals surface area contributed by atoms with Gasteiger partial charge in [-0.25, -0.2) is 0 Å². The Morgan fingerprint density at radius 3 is 2.59 bits per heavy atom. The zero-order chi connectivity index (χ0) is 19.8. The van der Waals surface area contributed by atoms with E-state index in [1.54, 1.807) is 6.92 Å². The van der Waals surface area contributed by atoms with Gasteiger partial charge in [-0.1, -0.05) is 0 Å². The fraction of sp³-hybridized carbons (Fsp3) is 0.278. The Hall–Kier alpha value is -3.10. The van der Waals surface area contributed by atoms with Crippen LogP contribution in [0.1, 0.15) is 22.8 Å². The van der Waals surface area contributed by atoms with E-state index in [4.69, 9.17) is 4.74 Å². The number of alkyl halides is 3. The van der Waals surface area contributed by atoms with Gasteiger partial charge in [-0.05, 0) is 31.2 Å². The smallest absolute Gasteiger partial charge is 0.417 e. The van der Waals surface area contributed by atoms with Crippen LogP contribution < -0.4 is 15.2 Å². The summed E-state index contributed by atoms with van der Waals surface area (Å²) in [7, 11) is 0. The van der Waals surface area contributed by atoms with Crippen molar-refractivity contribution >= 4 is 17.4 Å². The lowest BCUT2D eigenvalue weighted by Gasteiger charge is -2.28. The second-order valence-electron chi connectivity index (χ2n) is 5.91. The number of nitrogens with zero attached hydrogens (tertiary/aromatic N) is 2. The molecule has 0 saturated heterocycles. The van der Waals surface area contributed by atoms with Crippen LogP contribution in [-0.2, 0) is 17.5 Å². The maximum atomic E-state index is 12.8. The minimum atomic E-state index is -4.62. The third-order valence-corrected chi connectivity index (χ3v) is 4.16. The number of carbonyl (C=O) groups excluding carboxylic acids is 2. The van der Waals surface area contributed by atoms with Crippen LogP contribution in [0.25, 0.3) is 0 Å². The maximum absolute atomic E-state index is 12.8. The minimum Gasteiger partial charge on any atom is -0.482 e. The molecule has 0 bridgehead atoms. The molecule has 1 amide bonds. The Balaban J connectivity index is 1.91. The number of benzene rings is 1. The van der Waals surface area contributed by atoms with Crippen LogP contribution in [0.2, 0.25) is 0 Å². The molecule has 0 N–H and O–H groups in total. The van der Waals surface area contributed by atoms with E-state index in [2.05, 4.69) is 0 Å². The quantitative estimate of drug-likeness (QED) is 0.765. The van der Waals surface area contributed by atoms with Crippen molar-refractivity contribution in [2.24, 2.45) is 0 Å². The Labute approximate surface area is 151 Å². The van der Waals surface area contributed by atoms with Crippen LogP contribution in [0.5, 0.6) is 5.75 Å². The third kappa shape index (κ3) is 3.71. The van der Waals surface area contributed by atoms with E-state index in [0.717, 1.165) is 6.07 Å². The van der Waals surface area contributed by atoms with E-state index in [1.807, 2.05) is 0 Å². The van der Waals surface area contributed by atoms with Crippen LogP contribution in [0, 0.1) is 0 Å². The Kier molecular flexibility index (Phi) is 4.77. The number of pyridine rings is 1. The Morgan fingerprint density at radius 1 is 1.19 bits per heavy atom. The van der Waals surface area contributed by atoms with Crippen molar-refractivity contribution < 1.29 is 27.5 Å². The lowest BCUT2D eigenvalue weighted by Crippen LogP contribution is -2.38. The molecule has 0 radical (unpaired) electrons. The third-order valence-electron chi connectivity index (χ3n) is 4.16. The molecule has 1 aromatic carbocycles. The highest BCUT2D eigenvalue weighted by molar-refractivity contribution is 6.01. The summed E-state index contributed by atoms with van der Waals surface area (Å²) in [6.07, 6.45) is -4.01. The van der Waals surface area contributed by atoms with Gasteiger partial charge in [0, 0.05) is 24.4 Å². The lowest BCUT2D eigenvalue weighted by atomic mass is 10.1. The molecule has 27 heavy (non-hydrogen) atoms. The first-order chi connectivity index (χ1) is 12.7. The van der Waals surface area contributed by atoms with Crippen molar-refractivity contribution in [2.75, 3.05) is 18.1 Å². The number of likely N-dealkylation sites (N-methyl/N-ethyl adjacent to an activating group) is 1. The molecule has 0 saturated carbocycles. The second-order valence-corrected chi connectivity index (χ2v) is 5.91. The van der Waals surface area contributed by atoms with E-state index in [0.29, 0.717) is 34.8 Å². The van der Waals surface area contributed by atoms with Crippen molar-refractivity contribution in [3.63, 3.8) is 0 Å². The van der Waals surface area contributed by atoms with Crippen LogP contribution in [0.15, 0.2) is 41.3 Å². The summed E-state index contributed by atoms with van der Waals surface area (Å²) < 4.78 is 44.5. The predicted octanol–water partition coefficient (Wildman–Crippen LogP) is 2.50. The number of ketones is 1. The van der Waals surface area contributed by atoms with E-state index >= 15 is 0 Å². The summed E-state index contributed by atoms with van der Waals surface area (Å²) in [4.78, 5) is 37.7. The van der Waals surface area contributed by atoms with Gasteiger partial charge in [-0.15, -0.1) is 0 Å². The average Bonchev–Trinajstić information content (AvgIpc) is 2.62. The summed E-state index contributed by atoms with van der Waals surface area (Å²) in [6, 6.07) is 5.85. The highest BCUT2D eigenvalue weighted by atomic mass is 19.4. The van der Waals surface area contributed by atoms with Crippen molar-refractivity contribution in [3.05, 3.63) is 58.0 Å². The molecule has 0 fully saturated rings. The Morgan fingerprint density at radius 2 is 1.93 bits per heavy atom. The molecule has 1 aliphatic heterocycles. The van der Waals surface area contributed by atoms with Gasteiger partial charge in [0.2, 0.25) is 0 Å². The topological polar surface area (TPSA) is 68.6 Å². The SMILES string of the molecule is CCN1C(=O)COc2ccc(C(=O)Cn3cc(C(F)(F)F)ccc3=O)cc21. The largest absolute Gasteiger partial charge is 0.482 e. The van der Waals surface area contributed by atoms with E-state index in [1.165, 1.54) is 23.1 Å². The molecule has 6 nitrogen and oxygen atoms in total. The molecule has 1 aliphatic rings. The lowest BCUT2D eigenvalue weighted by molar-refractivity contribution is -0.138. The number of Topliss-reactive ketones (excluding diaryl/α,β-unsaturated/α-hetero) is 1. The van der Waals surface area contributed by atoms with Gasteiger partial charge < -0.3 is 14.2 Å². The van der Waals surface area contributed by atoms with Gasteiger partial charge in [0.05, 0.1) is 17.8 Å². The monoisotopic (exact) mass is 380 g/mol. The maximum Gasteiger partial charge on any atom is 0.417 e. The fourth-order valence-electron chi connectivity index (χ4n) is 2.79. The van der Waals surface area contributed by atoms with Crippen molar-refractivity contribution in [1.82, 2.24) is 4.57 Å². The number of hydrogen-bond donors (Lipinski definition) is 0. The van der Waals surface area contributed by atoms with Gasteiger partial charge in [0.1, 0.15) is 5.75 Å². The standard InChI is InChI=1S/C18H15F3N2O4/c1-2-23-13-7-11(3-5-15(13)27-10-17(23)26)14(24)9-22-8-12(18(19,20)21)4-6-16(22)25/h3-8H,2,9-10H2,1H3. The van der Waals surface area contributed by atoms with Crippen molar-refractivity contribution in [2.45, 2.75) is 19.6 Å². The molecule has 2 heterocycles. The predicted molar refractivity (Wildman–Crippen MR) is 90.0 cm³/mol. The highest BCUT2D eigenvalue weighted by Crippen LogP contribution is 2.33. The molecule has 0 spiro atoms. The highest BCUT2D eigenvalue weighted by Gasteiger charge is 2.31. The molecule has 142 valence electrons. The fourth-order valence-corrected chi connectivity index (χ4v) is 2.79. The normalized spacial score (nSPS) is 13.9. The number of carbonyl (C=O) groups is 2. The molecule has 1 aromatic heterocycles. The van der Waals surface area contributed by atoms with E-state index in [-0.39, 0.29) is 18.1 Å². The van der Waals surface area contributed by atoms with Crippen LogP contribution in [0.3, 0.4) is 0 Å². The number of ether oxygens (including phenoxy) is 1. The summed E-state index contributed by atoms with van der Waals surface area (Å²) in [5.74, 6) is -0.388. The molecule has 2 aromatic rings. The summed E-state index contributed by atoms with van der Waals surface area (Å²) in [5.41, 5.74) is -1.16. The number of rotatable bonds is 4. The van der Waals surface area contributed by atoms with Crippen molar-refractivity contribution in [3.8, 4) is 5.75 Å². The summed E-state index contributed by atoms with van der Waals surface area (Å²) in [5, 5.41) is 0. The molecule has 3 rings (SSSR count). The number of fused-ring (bicyclic) bond motifs is 1. The van der Waals surface area contributed by atoms with E-state index in [9.17, 15) is 27.6 Å². The molecule has 0 unspecified atom stereocenters. The first kappa shape index (κ1) is 18.7. The number of halogens is 3. The minimum absolute atomic E-state index is 0.103. The first-order valence-electron chi connectivity index (χ1n) is 8.09. The van der Waals surface area contributed by atoms with Gasteiger partial charge in [-0.2, -0.15) is 13.2 Å². The molecule has 9 heteroatoms. The molecule has 0 atom stereocenters.